The van der Waals surface area contributed by atoms with Gasteiger partial charge in [0.15, 0.2) is 0 Å². The van der Waals surface area contributed by atoms with E-state index in [1.807, 2.05) is 79.0 Å². The third-order valence-electron chi connectivity index (χ3n) is 7.70. The van der Waals surface area contributed by atoms with Gasteiger partial charge in [0.2, 0.25) is 0 Å². The number of aromatic hydroxyl groups is 2. The Morgan fingerprint density at radius 1 is 0.708 bits per heavy atom. The smallest absolute Gasteiger partial charge is 0.336 e. The molecule has 2 aromatic carbocycles. The molecule has 0 aliphatic heterocycles. The van der Waals surface area contributed by atoms with E-state index in [-0.39, 0.29) is 11.5 Å². The molecule has 2 aromatic rings. The van der Waals surface area contributed by atoms with Gasteiger partial charge in [0.25, 0.3) is 0 Å². The molecule has 0 fully saturated rings. The molecule has 0 saturated heterocycles. The van der Waals surface area contributed by atoms with Crippen molar-refractivity contribution in [1.82, 2.24) is 0 Å². The van der Waals surface area contributed by atoms with Crippen molar-refractivity contribution in [2.24, 2.45) is 5.92 Å². The quantitative estimate of drug-likeness (QED) is 0.0430. The number of ether oxygens (including phenoxy) is 1. The molecule has 0 aliphatic rings. The molecule has 0 bridgehead atoms. The van der Waals surface area contributed by atoms with E-state index in [0.717, 1.165) is 61.1 Å². The van der Waals surface area contributed by atoms with Gasteiger partial charge >= 0.3 is 5.97 Å². The number of aryl methyl sites for hydroxylation is 1. The SMILES string of the molecule is CCCCCc1cc(O)c(CCCCCCCCC(C)C)c(OC(=O)C=CC=CC=CC=CC=CC=CC=Cc2ccc(O)c(Cl)c2)c1. The molecule has 0 atom stereocenters. The second kappa shape index (κ2) is 25.1. The number of hydrogen-bond donors (Lipinski definition) is 2. The Bertz CT molecular complexity index is 1440. The summed E-state index contributed by atoms with van der Waals surface area (Å²) in [6.07, 6.45) is 39.0. The lowest BCUT2D eigenvalue weighted by molar-refractivity contribution is -0.129. The summed E-state index contributed by atoms with van der Waals surface area (Å²) in [6, 6.07) is 8.85. The van der Waals surface area contributed by atoms with Crippen LogP contribution in [-0.2, 0) is 17.6 Å². The summed E-state index contributed by atoms with van der Waals surface area (Å²) in [5.41, 5.74) is 2.63. The van der Waals surface area contributed by atoms with Crippen LogP contribution in [0.25, 0.3) is 6.08 Å². The lowest BCUT2D eigenvalue weighted by Crippen LogP contribution is -2.07. The van der Waals surface area contributed by atoms with Crippen LogP contribution in [0.2, 0.25) is 5.02 Å². The van der Waals surface area contributed by atoms with Gasteiger partial charge in [-0.05, 0) is 67.0 Å². The number of halogens is 1. The number of rotatable bonds is 22. The van der Waals surface area contributed by atoms with E-state index in [0.29, 0.717) is 17.2 Å². The van der Waals surface area contributed by atoms with Crippen molar-refractivity contribution in [1.29, 1.82) is 0 Å². The van der Waals surface area contributed by atoms with Crippen LogP contribution in [0.15, 0.2) is 109 Å². The first-order chi connectivity index (χ1) is 23.3. The molecule has 0 radical (unpaired) electrons. The molecule has 4 nitrogen and oxygen atoms in total. The van der Waals surface area contributed by atoms with E-state index >= 15 is 0 Å². The number of phenolic OH excluding ortho intramolecular Hbond substituents is 2. The zero-order chi connectivity index (χ0) is 34.8. The van der Waals surface area contributed by atoms with Gasteiger partial charge in [0.1, 0.15) is 17.2 Å². The first-order valence-electron chi connectivity index (χ1n) is 17.5. The minimum Gasteiger partial charge on any atom is -0.508 e. The van der Waals surface area contributed by atoms with Crippen LogP contribution < -0.4 is 4.74 Å². The third-order valence-corrected chi connectivity index (χ3v) is 8.00. The van der Waals surface area contributed by atoms with E-state index in [1.165, 1.54) is 38.2 Å². The fourth-order valence-corrected chi connectivity index (χ4v) is 5.21. The maximum atomic E-state index is 12.7. The zero-order valence-corrected chi connectivity index (χ0v) is 29.9. The van der Waals surface area contributed by atoms with Crippen molar-refractivity contribution in [2.45, 2.75) is 97.8 Å². The summed E-state index contributed by atoms with van der Waals surface area (Å²) < 4.78 is 5.76. The highest BCUT2D eigenvalue weighted by molar-refractivity contribution is 6.32. The molecule has 48 heavy (non-hydrogen) atoms. The lowest BCUT2D eigenvalue weighted by Gasteiger charge is -2.14. The van der Waals surface area contributed by atoms with Gasteiger partial charge in [-0.1, -0.05) is 169 Å². The summed E-state index contributed by atoms with van der Waals surface area (Å²) >= 11 is 5.91. The Morgan fingerprint density at radius 2 is 1.29 bits per heavy atom. The van der Waals surface area contributed by atoms with Crippen LogP contribution in [0.1, 0.15) is 102 Å². The monoisotopic (exact) mass is 670 g/mol. The maximum absolute atomic E-state index is 12.7. The topological polar surface area (TPSA) is 66.8 Å². The van der Waals surface area contributed by atoms with Crippen LogP contribution in [0.4, 0.5) is 0 Å². The number of carbonyl (C=O) groups excluding carboxylic acids is 1. The van der Waals surface area contributed by atoms with Crippen molar-refractivity contribution < 1.29 is 19.7 Å². The first-order valence-corrected chi connectivity index (χ1v) is 17.9. The zero-order valence-electron chi connectivity index (χ0n) is 29.1. The second-order valence-electron chi connectivity index (χ2n) is 12.4. The summed E-state index contributed by atoms with van der Waals surface area (Å²) in [7, 11) is 0. The van der Waals surface area contributed by atoms with Crippen LogP contribution in [0.3, 0.4) is 0 Å². The molecule has 0 amide bonds. The number of esters is 1. The molecule has 258 valence electrons. The number of phenols is 2. The normalized spacial score (nSPS) is 12.6. The molecule has 2 N–H and O–H groups in total. The Kier molecular flexibility index (Phi) is 21.0. The molecule has 0 heterocycles. The second-order valence-corrected chi connectivity index (χ2v) is 12.8. The standard InChI is InChI=1S/C43H55ClO4/c1-4-5-20-27-37-33-41(46)38(28-23-18-15-14-16-21-25-35(2)3)42(34-37)48-43(47)29-24-19-13-11-9-7-6-8-10-12-17-22-26-36-30-31-40(45)39(44)32-36/h6-13,17,19,22,24,26,29-35,45-46H,4-5,14-16,18,20-21,23,25,27-28H2,1-3H3. The van der Waals surface area contributed by atoms with Gasteiger partial charge in [0.05, 0.1) is 5.02 Å². The summed E-state index contributed by atoms with van der Waals surface area (Å²) in [4.78, 5) is 12.7. The number of allylic oxidation sites excluding steroid dienone is 12. The maximum Gasteiger partial charge on any atom is 0.336 e. The molecule has 2 rings (SSSR count). The van der Waals surface area contributed by atoms with Crippen molar-refractivity contribution in [3.05, 3.63) is 131 Å². The van der Waals surface area contributed by atoms with Gasteiger partial charge in [-0.3, -0.25) is 0 Å². The molecule has 0 saturated carbocycles. The predicted octanol–water partition coefficient (Wildman–Crippen LogP) is 12.4. The minimum absolute atomic E-state index is 0.0741. The summed E-state index contributed by atoms with van der Waals surface area (Å²) in [6.45, 7) is 6.72. The van der Waals surface area contributed by atoms with E-state index in [1.54, 1.807) is 30.4 Å². The van der Waals surface area contributed by atoms with Crippen LogP contribution >= 0.6 is 11.6 Å². The van der Waals surface area contributed by atoms with E-state index in [2.05, 4.69) is 20.8 Å². The van der Waals surface area contributed by atoms with Crippen LogP contribution in [0.5, 0.6) is 17.2 Å². The van der Waals surface area contributed by atoms with Gasteiger partial charge in [-0.2, -0.15) is 0 Å². The fourth-order valence-electron chi connectivity index (χ4n) is 5.02. The molecule has 0 spiro atoms. The van der Waals surface area contributed by atoms with Crippen molar-refractivity contribution >= 4 is 23.6 Å². The van der Waals surface area contributed by atoms with Crippen molar-refractivity contribution in [2.75, 3.05) is 0 Å². The first kappa shape index (κ1) is 40.2. The third kappa shape index (κ3) is 18.4. The predicted molar refractivity (Wildman–Crippen MR) is 205 cm³/mol. The van der Waals surface area contributed by atoms with E-state index in [9.17, 15) is 15.0 Å². The summed E-state index contributed by atoms with van der Waals surface area (Å²) in [5.74, 6) is 1.09. The van der Waals surface area contributed by atoms with Crippen molar-refractivity contribution in [3.63, 3.8) is 0 Å². The Hall–Kier alpha value is -4.02. The fraction of sp³-hybridized carbons (Fsp3) is 0.372. The molecular weight excluding hydrogens is 616 g/mol. The van der Waals surface area contributed by atoms with E-state index < -0.39 is 5.97 Å². The largest absolute Gasteiger partial charge is 0.508 e. The van der Waals surface area contributed by atoms with Gasteiger partial charge in [0, 0.05) is 11.6 Å². The number of carbonyl (C=O) groups is 1. The Morgan fingerprint density at radius 3 is 1.92 bits per heavy atom. The van der Waals surface area contributed by atoms with Gasteiger partial charge in [-0.15, -0.1) is 0 Å². The average molecular weight is 671 g/mol. The van der Waals surface area contributed by atoms with Gasteiger partial charge in [-0.25, -0.2) is 4.79 Å². The average Bonchev–Trinajstić information content (AvgIpc) is 3.05. The number of hydrogen-bond acceptors (Lipinski definition) is 4. The van der Waals surface area contributed by atoms with Crippen molar-refractivity contribution in [3.8, 4) is 17.2 Å². The number of benzene rings is 2. The highest BCUT2D eigenvalue weighted by Gasteiger charge is 2.14. The molecule has 0 aromatic heterocycles. The van der Waals surface area contributed by atoms with Gasteiger partial charge < -0.3 is 14.9 Å². The highest BCUT2D eigenvalue weighted by Crippen LogP contribution is 2.33. The van der Waals surface area contributed by atoms with Crippen LogP contribution in [-0.4, -0.2) is 16.2 Å². The minimum atomic E-state index is -0.458. The van der Waals surface area contributed by atoms with E-state index in [4.69, 9.17) is 16.3 Å². The molecular formula is C43H55ClO4. The molecule has 0 aliphatic carbocycles. The lowest BCUT2D eigenvalue weighted by atomic mass is 9.99. The highest BCUT2D eigenvalue weighted by atomic mass is 35.5. The molecule has 0 unspecified atom stereocenters. The summed E-state index contributed by atoms with van der Waals surface area (Å²) in [5, 5.41) is 20.7. The Balaban J connectivity index is 1.83. The molecule has 5 heteroatoms. The van der Waals surface area contributed by atoms with Crippen LogP contribution in [0, 0.1) is 5.92 Å². The Labute approximate surface area is 294 Å². The number of unbranched alkanes of at least 4 members (excludes halogenated alkanes) is 7.